The van der Waals surface area contributed by atoms with E-state index in [0.717, 1.165) is 17.5 Å². The van der Waals surface area contributed by atoms with Gasteiger partial charge in [0.1, 0.15) is 6.61 Å². The third kappa shape index (κ3) is 4.66. The second-order valence-electron chi connectivity index (χ2n) is 8.03. The Balaban J connectivity index is 1.26. The van der Waals surface area contributed by atoms with Crippen LogP contribution in [0.4, 0.5) is 4.79 Å². The predicted octanol–water partition coefficient (Wildman–Crippen LogP) is 3.55. The van der Waals surface area contributed by atoms with Crippen LogP contribution < -0.4 is 5.32 Å². The number of nitrogens with one attached hydrogen (secondary N) is 1. The van der Waals surface area contributed by atoms with Gasteiger partial charge in [0.15, 0.2) is 0 Å². The van der Waals surface area contributed by atoms with Crippen LogP contribution >= 0.6 is 0 Å². The topological polar surface area (TPSA) is 95.9 Å². The summed E-state index contributed by atoms with van der Waals surface area (Å²) in [4.78, 5) is 37.0. The zero-order valence-corrected chi connectivity index (χ0v) is 17.7. The normalized spacial score (nSPS) is 17.2. The maximum atomic E-state index is 12.3. The first kappa shape index (κ1) is 21.6. The number of carbonyl (C=O) groups is 3. The molecule has 1 fully saturated rings. The first-order valence-electron chi connectivity index (χ1n) is 10.8. The van der Waals surface area contributed by atoms with Gasteiger partial charge >= 0.3 is 12.1 Å². The minimum atomic E-state index is -0.907. The maximum Gasteiger partial charge on any atom is 0.407 e. The second kappa shape index (κ2) is 9.68. The largest absolute Gasteiger partial charge is 0.481 e. The number of hydrogen-bond acceptors (Lipinski definition) is 4. The van der Waals surface area contributed by atoms with Gasteiger partial charge < -0.3 is 20.1 Å². The number of carboxylic acids is 1. The number of carboxylic acid groups (broad SMARTS) is 1. The van der Waals surface area contributed by atoms with Crippen LogP contribution in [0.25, 0.3) is 11.1 Å². The number of ether oxygens (including phenoxy) is 1. The molecule has 2 aliphatic rings. The number of carbonyl (C=O) groups excluding carboxylic acids is 2. The molecule has 1 atom stereocenters. The van der Waals surface area contributed by atoms with Crippen molar-refractivity contribution < 1.29 is 24.2 Å². The average molecular weight is 434 g/mol. The molecule has 1 aliphatic heterocycles. The lowest BCUT2D eigenvalue weighted by molar-refractivity contribution is -0.139. The van der Waals surface area contributed by atoms with Crippen LogP contribution in [0, 0.1) is 0 Å². The van der Waals surface area contributed by atoms with E-state index in [9.17, 15) is 14.4 Å². The van der Waals surface area contributed by atoms with Crippen molar-refractivity contribution >= 4 is 18.0 Å². The Morgan fingerprint density at radius 3 is 2.38 bits per heavy atom. The highest BCUT2D eigenvalue weighted by Gasteiger charge is 2.30. The van der Waals surface area contributed by atoms with E-state index in [1.54, 1.807) is 11.0 Å². The molecule has 0 spiro atoms. The molecule has 2 aromatic rings. The van der Waals surface area contributed by atoms with Crippen molar-refractivity contribution in [2.24, 2.45) is 0 Å². The Labute approximate surface area is 186 Å². The number of benzene rings is 2. The number of rotatable bonds is 7. The molecule has 7 heteroatoms. The molecule has 0 radical (unpaired) electrons. The summed E-state index contributed by atoms with van der Waals surface area (Å²) in [6.45, 7) is 0.938. The van der Waals surface area contributed by atoms with Gasteiger partial charge in [0.05, 0.1) is 6.42 Å². The smallest absolute Gasteiger partial charge is 0.407 e. The fraction of sp³-hybridized carbons (Fsp3) is 0.320. The Kier molecular flexibility index (Phi) is 6.54. The summed E-state index contributed by atoms with van der Waals surface area (Å²) in [5.41, 5.74) is 4.63. The zero-order chi connectivity index (χ0) is 22.5. The van der Waals surface area contributed by atoms with Gasteiger partial charge in [-0.25, -0.2) is 4.79 Å². The number of hydrogen-bond donors (Lipinski definition) is 2. The lowest BCUT2D eigenvalue weighted by Crippen LogP contribution is -2.35. The number of aliphatic carboxylic acids is 1. The van der Waals surface area contributed by atoms with Crippen molar-refractivity contribution in [1.29, 1.82) is 0 Å². The molecule has 2 aromatic carbocycles. The summed E-state index contributed by atoms with van der Waals surface area (Å²) in [6.07, 6.45) is 3.84. The van der Waals surface area contributed by atoms with Gasteiger partial charge in [-0.3, -0.25) is 9.59 Å². The van der Waals surface area contributed by atoms with Crippen LogP contribution in [0.2, 0.25) is 0 Å². The summed E-state index contributed by atoms with van der Waals surface area (Å²) in [6, 6.07) is 16.0. The monoisotopic (exact) mass is 434 g/mol. The molecule has 2 N–H and O–H groups in total. The molecule has 0 saturated carbocycles. The fourth-order valence-corrected chi connectivity index (χ4v) is 4.59. The standard InChI is InChI=1S/C25H26N2O5/c28-23(27-14-6-7-17(27)15-24(29)30)12-5-13-26-25(31)32-16-22-20-10-3-1-8-18(20)19-9-2-4-11-21(19)22/h1-5,8-12,17,22H,6-7,13-16H2,(H,26,31)(H,29,30)/b12-5+. The molecule has 0 aromatic heterocycles. The van der Waals surface area contributed by atoms with E-state index in [-0.39, 0.29) is 37.4 Å². The molecule has 7 nitrogen and oxygen atoms in total. The van der Waals surface area contributed by atoms with Crippen LogP contribution in [0.5, 0.6) is 0 Å². The van der Waals surface area contributed by atoms with E-state index in [2.05, 4.69) is 29.6 Å². The molecular formula is C25H26N2O5. The number of alkyl carbamates (subject to hydrolysis) is 1. The third-order valence-electron chi connectivity index (χ3n) is 6.04. The van der Waals surface area contributed by atoms with Gasteiger partial charge in [-0.15, -0.1) is 0 Å². The zero-order valence-electron chi connectivity index (χ0n) is 17.7. The molecule has 166 valence electrons. The predicted molar refractivity (Wildman–Crippen MR) is 119 cm³/mol. The van der Waals surface area contributed by atoms with Crippen LogP contribution in [0.1, 0.15) is 36.3 Å². The van der Waals surface area contributed by atoms with Gasteiger partial charge in [0.2, 0.25) is 5.91 Å². The van der Waals surface area contributed by atoms with Crippen molar-refractivity contribution in [3.63, 3.8) is 0 Å². The quantitative estimate of drug-likeness (QED) is 0.650. The van der Waals surface area contributed by atoms with Crippen molar-refractivity contribution in [2.75, 3.05) is 19.7 Å². The molecule has 1 heterocycles. The highest BCUT2D eigenvalue weighted by molar-refractivity contribution is 5.88. The van der Waals surface area contributed by atoms with Crippen LogP contribution in [-0.4, -0.2) is 53.7 Å². The van der Waals surface area contributed by atoms with E-state index in [0.29, 0.717) is 13.0 Å². The van der Waals surface area contributed by atoms with Crippen LogP contribution in [-0.2, 0) is 14.3 Å². The minimum absolute atomic E-state index is 0.00777. The summed E-state index contributed by atoms with van der Waals surface area (Å²) in [7, 11) is 0. The van der Waals surface area contributed by atoms with E-state index in [1.165, 1.54) is 17.2 Å². The van der Waals surface area contributed by atoms with Crippen molar-refractivity contribution in [2.45, 2.75) is 31.2 Å². The Bertz CT molecular complexity index is 1000. The van der Waals surface area contributed by atoms with Crippen LogP contribution in [0.3, 0.4) is 0 Å². The number of likely N-dealkylation sites (tertiary alicyclic amines) is 1. The fourth-order valence-electron chi connectivity index (χ4n) is 4.59. The Morgan fingerprint density at radius 1 is 1.06 bits per heavy atom. The lowest BCUT2D eigenvalue weighted by atomic mass is 9.98. The molecule has 2 amide bonds. The average Bonchev–Trinajstić information content (AvgIpc) is 3.37. The van der Waals surface area contributed by atoms with Gasteiger partial charge in [-0.1, -0.05) is 54.6 Å². The lowest BCUT2D eigenvalue weighted by Gasteiger charge is -2.21. The molecular weight excluding hydrogens is 408 g/mol. The summed E-state index contributed by atoms with van der Waals surface area (Å²) in [5.74, 6) is -1.15. The molecule has 1 saturated heterocycles. The Morgan fingerprint density at radius 2 is 1.72 bits per heavy atom. The first-order chi connectivity index (χ1) is 15.5. The van der Waals surface area contributed by atoms with Gasteiger partial charge in [-0.2, -0.15) is 0 Å². The van der Waals surface area contributed by atoms with Gasteiger partial charge in [0, 0.05) is 31.1 Å². The van der Waals surface area contributed by atoms with Gasteiger partial charge in [-0.05, 0) is 35.1 Å². The molecule has 4 rings (SSSR count). The van der Waals surface area contributed by atoms with E-state index in [1.807, 2.05) is 24.3 Å². The van der Waals surface area contributed by atoms with Crippen molar-refractivity contribution in [3.8, 4) is 11.1 Å². The SMILES string of the molecule is O=C(O)CC1CCCN1C(=O)/C=C/CNC(=O)OCC1c2ccccc2-c2ccccc21. The number of nitrogens with zero attached hydrogens (tertiary/aromatic N) is 1. The minimum Gasteiger partial charge on any atom is -0.481 e. The summed E-state index contributed by atoms with van der Waals surface area (Å²) < 4.78 is 5.46. The van der Waals surface area contributed by atoms with Crippen LogP contribution in [0.15, 0.2) is 60.7 Å². The summed E-state index contributed by atoms with van der Waals surface area (Å²) >= 11 is 0. The molecule has 32 heavy (non-hydrogen) atoms. The maximum absolute atomic E-state index is 12.3. The van der Waals surface area contributed by atoms with Gasteiger partial charge in [0.25, 0.3) is 0 Å². The van der Waals surface area contributed by atoms with Crippen molar-refractivity contribution in [3.05, 3.63) is 71.8 Å². The number of fused-ring (bicyclic) bond motifs is 3. The third-order valence-corrected chi connectivity index (χ3v) is 6.04. The first-order valence-corrected chi connectivity index (χ1v) is 10.8. The van der Waals surface area contributed by atoms with E-state index < -0.39 is 12.1 Å². The molecule has 1 unspecified atom stereocenters. The van der Waals surface area contributed by atoms with E-state index in [4.69, 9.17) is 9.84 Å². The summed E-state index contributed by atoms with van der Waals surface area (Å²) in [5, 5.41) is 11.6. The molecule has 0 bridgehead atoms. The second-order valence-corrected chi connectivity index (χ2v) is 8.03. The van der Waals surface area contributed by atoms with Crippen molar-refractivity contribution in [1.82, 2.24) is 10.2 Å². The highest BCUT2D eigenvalue weighted by atomic mass is 16.5. The van der Waals surface area contributed by atoms with E-state index >= 15 is 0 Å². The Hall–Kier alpha value is -3.61. The molecule has 1 aliphatic carbocycles. The highest BCUT2D eigenvalue weighted by Crippen LogP contribution is 2.44. The number of amides is 2.